The van der Waals surface area contributed by atoms with Gasteiger partial charge in [-0.15, -0.1) is 0 Å². The van der Waals surface area contributed by atoms with Crippen molar-refractivity contribution in [3.8, 4) is 0 Å². The topological polar surface area (TPSA) is 40.6 Å². The SMILES string of the molecule is CN(Cc1c(F)cccc1Cl)C(=O)C1CCCN(C(=O)Cc2ccccc2)C1. The van der Waals surface area contributed by atoms with E-state index in [0.717, 1.165) is 18.4 Å². The predicted octanol–water partition coefficient (Wildman–Crippen LogP) is 3.92. The number of likely N-dealkylation sites (tertiary alicyclic amines) is 1. The summed E-state index contributed by atoms with van der Waals surface area (Å²) in [6.07, 6.45) is 1.84. The summed E-state index contributed by atoms with van der Waals surface area (Å²) in [5.41, 5.74) is 1.28. The Kier molecular flexibility index (Phi) is 6.68. The molecule has 1 saturated heterocycles. The zero-order chi connectivity index (χ0) is 20.1. The summed E-state index contributed by atoms with van der Waals surface area (Å²) in [6, 6.07) is 14.1. The molecule has 6 heteroatoms. The zero-order valence-electron chi connectivity index (χ0n) is 15.9. The second kappa shape index (κ2) is 9.20. The summed E-state index contributed by atoms with van der Waals surface area (Å²) in [5.74, 6) is -0.750. The number of hydrogen-bond donors (Lipinski definition) is 0. The van der Waals surface area contributed by atoms with Crippen molar-refractivity contribution in [3.63, 3.8) is 0 Å². The van der Waals surface area contributed by atoms with Crippen molar-refractivity contribution in [2.75, 3.05) is 20.1 Å². The maximum Gasteiger partial charge on any atom is 0.227 e. The lowest BCUT2D eigenvalue weighted by molar-refractivity contribution is -0.140. The minimum Gasteiger partial charge on any atom is -0.342 e. The second-order valence-electron chi connectivity index (χ2n) is 7.24. The molecule has 0 spiro atoms. The Hall–Kier alpha value is -2.40. The number of benzene rings is 2. The van der Waals surface area contributed by atoms with Crippen LogP contribution in [0.5, 0.6) is 0 Å². The van der Waals surface area contributed by atoms with Crippen molar-refractivity contribution >= 4 is 23.4 Å². The Labute approximate surface area is 169 Å². The van der Waals surface area contributed by atoms with Crippen molar-refractivity contribution in [3.05, 3.63) is 70.5 Å². The number of halogens is 2. The zero-order valence-corrected chi connectivity index (χ0v) is 16.7. The van der Waals surface area contributed by atoms with Crippen LogP contribution in [0, 0.1) is 11.7 Å². The standard InChI is InChI=1S/C22H24ClFN2O2/c1-25(15-18-19(23)10-5-11-20(18)24)22(28)17-9-6-12-26(14-17)21(27)13-16-7-3-2-4-8-16/h2-5,7-8,10-11,17H,6,9,12-15H2,1H3. The number of rotatable bonds is 5. The van der Waals surface area contributed by atoms with E-state index in [-0.39, 0.29) is 24.3 Å². The van der Waals surface area contributed by atoms with E-state index in [9.17, 15) is 14.0 Å². The van der Waals surface area contributed by atoms with E-state index in [1.54, 1.807) is 24.1 Å². The number of piperidine rings is 1. The molecule has 2 aromatic carbocycles. The van der Waals surface area contributed by atoms with Crippen molar-refractivity contribution in [1.82, 2.24) is 9.80 Å². The van der Waals surface area contributed by atoms with E-state index in [2.05, 4.69) is 0 Å². The first-order valence-electron chi connectivity index (χ1n) is 9.45. The molecule has 1 heterocycles. The van der Waals surface area contributed by atoms with Crippen molar-refractivity contribution in [2.24, 2.45) is 5.92 Å². The van der Waals surface area contributed by atoms with Gasteiger partial charge in [0.15, 0.2) is 0 Å². The third kappa shape index (κ3) is 4.90. The fourth-order valence-corrected chi connectivity index (χ4v) is 3.82. The fourth-order valence-electron chi connectivity index (χ4n) is 3.60. The highest BCUT2D eigenvalue weighted by Gasteiger charge is 2.30. The van der Waals surface area contributed by atoms with Gasteiger partial charge in [0.1, 0.15) is 5.82 Å². The van der Waals surface area contributed by atoms with Crippen LogP contribution >= 0.6 is 11.6 Å². The van der Waals surface area contributed by atoms with E-state index < -0.39 is 5.82 Å². The molecule has 3 rings (SSSR count). The van der Waals surface area contributed by atoms with Gasteiger partial charge in [0.05, 0.1) is 12.3 Å². The molecule has 1 unspecified atom stereocenters. The molecule has 0 radical (unpaired) electrons. The third-order valence-corrected chi connectivity index (χ3v) is 5.51. The molecule has 1 atom stereocenters. The quantitative estimate of drug-likeness (QED) is 0.760. The molecule has 0 N–H and O–H groups in total. The van der Waals surface area contributed by atoms with Crippen LogP contribution in [0.15, 0.2) is 48.5 Å². The molecule has 0 saturated carbocycles. The highest BCUT2D eigenvalue weighted by Crippen LogP contribution is 2.23. The van der Waals surface area contributed by atoms with Gasteiger partial charge < -0.3 is 9.80 Å². The van der Waals surface area contributed by atoms with Gasteiger partial charge in [-0.05, 0) is 30.5 Å². The molecule has 2 aromatic rings. The van der Waals surface area contributed by atoms with Crippen LogP contribution in [0.25, 0.3) is 0 Å². The Balaban J connectivity index is 1.61. The molecule has 0 aromatic heterocycles. The third-order valence-electron chi connectivity index (χ3n) is 5.15. The van der Waals surface area contributed by atoms with E-state index >= 15 is 0 Å². The van der Waals surface area contributed by atoms with Gasteiger partial charge in [-0.25, -0.2) is 4.39 Å². The summed E-state index contributed by atoms with van der Waals surface area (Å²) in [7, 11) is 1.65. The van der Waals surface area contributed by atoms with Crippen molar-refractivity contribution in [2.45, 2.75) is 25.8 Å². The maximum absolute atomic E-state index is 14.0. The van der Waals surface area contributed by atoms with Gasteiger partial charge in [0, 0.05) is 37.3 Å². The molecule has 1 aliphatic rings. The Morgan fingerprint density at radius 2 is 1.93 bits per heavy atom. The minimum atomic E-state index is -0.421. The van der Waals surface area contributed by atoms with Gasteiger partial charge in [0.25, 0.3) is 0 Å². The number of carbonyl (C=O) groups is 2. The van der Waals surface area contributed by atoms with Crippen LogP contribution in [0.2, 0.25) is 5.02 Å². The van der Waals surface area contributed by atoms with Crippen LogP contribution in [0.3, 0.4) is 0 Å². The van der Waals surface area contributed by atoms with Crippen LogP contribution in [-0.2, 0) is 22.6 Å². The molecule has 1 fully saturated rings. The lowest BCUT2D eigenvalue weighted by Gasteiger charge is -2.34. The average Bonchev–Trinajstić information content (AvgIpc) is 2.71. The van der Waals surface area contributed by atoms with Crippen LogP contribution in [0.1, 0.15) is 24.0 Å². The van der Waals surface area contributed by atoms with Gasteiger partial charge in [-0.3, -0.25) is 9.59 Å². The molecule has 2 amide bonds. The monoisotopic (exact) mass is 402 g/mol. The number of hydrogen-bond acceptors (Lipinski definition) is 2. The summed E-state index contributed by atoms with van der Waals surface area (Å²) < 4.78 is 14.0. The number of amides is 2. The number of nitrogens with zero attached hydrogens (tertiary/aromatic N) is 2. The van der Waals surface area contributed by atoms with Gasteiger partial charge in [-0.2, -0.15) is 0 Å². The highest BCUT2D eigenvalue weighted by atomic mass is 35.5. The van der Waals surface area contributed by atoms with Gasteiger partial charge in [0.2, 0.25) is 11.8 Å². The fraction of sp³-hybridized carbons (Fsp3) is 0.364. The van der Waals surface area contributed by atoms with E-state index in [4.69, 9.17) is 11.6 Å². The Bertz CT molecular complexity index is 823. The number of carbonyl (C=O) groups excluding carboxylic acids is 2. The summed E-state index contributed by atoms with van der Waals surface area (Å²) in [5, 5.41) is 0.308. The summed E-state index contributed by atoms with van der Waals surface area (Å²) in [6.45, 7) is 1.18. The molecular formula is C22H24ClFN2O2. The summed E-state index contributed by atoms with van der Waals surface area (Å²) >= 11 is 6.07. The largest absolute Gasteiger partial charge is 0.342 e. The van der Waals surface area contributed by atoms with E-state index in [1.807, 2.05) is 30.3 Å². The lowest BCUT2D eigenvalue weighted by atomic mass is 9.95. The van der Waals surface area contributed by atoms with Gasteiger partial charge in [-0.1, -0.05) is 48.0 Å². The summed E-state index contributed by atoms with van der Waals surface area (Å²) in [4.78, 5) is 28.8. The second-order valence-corrected chi connectivity index (χ2v) is 7.64. The van der Waals surface area contributed by atoms with E-state index in [1.165, 1.54) is 11.0 Å². The highest BCUT2D eigenvalue weighted by molar-refractivity contribution is 6.31. The predicted molar refractivity (Wildman–Crippen MR) is 107 cm³/mol. The molecule has 1 aliphatic heterocycles. The van der Waals surface area contributed by atoms with E-state index in [0.29, 0.717) is 30.1 Å². The first kappa shape index (κ1) is 20.3. The van der Waals surface area contributed by atoms with Gasteiger partial charge >= 0.3 is 0 Å². The van der Waals surface area contributed by atoms with Crippen molar-refractivity contribution < 1.29 is 14.0 Å². The molecule has 148 valence electrons. The maximum atomic E-state index is 14.0. The minimum absolute atomic E-state index is 0.0310. The average molecular weight is 403 g/mol. The normalized spacial score (nSPS) is 16.7. The van der Waals surface area contributed by atoms with Crippen LogP contribution in [-0.4, -0.2) is 41.8 Å². The van der Waals surface area contributed by atoms with Crippen molar-refractivity contribution in [1.29, 1.82) is 0 Å². The first-order valence-corrected chi connectivity index (χ1v) is 9.83. The molecular weight excluding hydrogens is 379 g/mol. The molecule has 0 bridgehead atoms. The molecule has 28 heavy (non-hydrogen) atoms. The molecule has 4 nitrogen and oxygen atoms in total. The van der Waals surface area contributed by atoms with Crippen LogP contribution in [0.4, 0.5) is 4.39 Å². The molecule has 0 aliphatic carbocycles. The van der Waals surface area contributed by atoms with Crippen LogP contribution < -0.4 is 0 Å². The first-order chi connectivity index (χ1) is 13.5. The Morgan fingerprint density at radius 1 is 1.18 bits per heavy atom. The smallest absolute Gasteiger partial charge is 0.227 e. The lowest BCUT2D eigenvalue weighted by Crippen LogP contribution is -2.46. The Morgan fingerprint density at radius 3 is 2.64 bits per heavy atom.